The summed E-state index contributed by atoms with van der Waals surface area (Å²) in [6, 6.07) is 9.10. The number of aromatic nitrogens is 1. The zero-order chi connectivity index (χ0) is 13.8. The highest BCUT2D eigenvalue weighted by molar-refractivity contribution is 9.10. The number of amides is 1. The number of halogens is 2. The third-order valence-electron chi connectivity index (χ3n) is 2.58. The van der Waals surface area contributed by atoms with Crippen LogP contribution in [0, 0.1) is 6.92 Å². The largest absolute Gasteiger partial charge is 0.324 e. The molecule has 5 heteroatoms. The molecule has 0 radical (unpaired) electrons. The van der Waals surface area contributed by atoms with Crippen molar-refractivity contribution in [1.82, 2.24) is 4.98 Å². The summed E-state index contributed by atoms with van der Waals surface area (Å²) in [5.74, 6) is -0.0779. The summed E-state index contributed by atoms with van der Waals surface area (Å²) in [6.45, 7) is 1.92. The number of hydrogen-bond donors (Lipinski definition) is 1. The molecule has 1 aromatic heterocycles. The smallest absolute Gasteiger partial charge is 0.228 e. The van der Waals surface area contributed by atoms with Gasteiger partial charge in [0.2, 0.25) is 5.91 Å². The lowest BCUT2D eigenvalue weighted by atomic mass is 10.1. The second-order valence-corrected chi connectivity index (χ2v) is 5.37. The summed E-state index contributed by atoms with van der Waals surface area (Å²) in [6.07, 6.45) is 1.93. The van der Waals surface area contributed by atoms with Crippen molar-refractivity contribution in [3.63, 3.8) is 0 Å². The first-order valence-corrected chi connectivity index (χ1v) is 6.88. The van der Waals surface area contributed by atoms with E-state index in [1.54, 1.807) is 18.3 Å². The Kier molecular flexibility index (Phi) is 4.56. The fraction of sp³-hybridized carbons (Fsp3) is 0.143. The van der Waals surface area contributed by atoms with Gasteiger partial charge in [0.15, 0.2) is 0 Å². The van der Waals surface area contributed by atoms with Crippen LogP contribution in [0.2, 0.25) is 5.02 Å². The molecule has 0 aliphatic heterocycles. The molecule has 19 heavy (non-hydrogen) atoms. The average Bonchev–Trinajstić information content (AvgIpc) is 2.37. The lowest BCUT2D eigenvalue weighted by Gasteiger charge is -2.06. The van der Waals surface area contributed by atoms with Gasteiger partial charge in [-0.2, -0.15) is 0 Å². The van der Waals surface area contributed by atoms with Gasteiger partial charge in [0.1, 0.15) is 4.60 Å². The molecule has 0 aliphatic rings. The van der Waals surface area contributed by atoms with Crippen LogP contribution in [-0.4, -0.2) is 10.9 Å². The van der Waals surface area contributed by atoms with Crippen LogP contribution in [0.3, 0.4) is 0 Å². The second-order valence-electron chi connectivity index (χ2n) is 4.18. The predicted octanol–water partition coefficient (Wildman–Crippen LogP) is 3.99. The van der Waals surface area contributed by atoms with E-state index in [2.05, 4.69) is 26.2 Å². The standard InChI is InChI=1S/C14H12BrClN2O/c1-9-6-12(8-17-14(9)15)18-13(19)7-10-2-4-11(16)5-3-10/h2-6,8H,7H2,1H3,(H,18,19). The number of aryl methyl sites for hydroxylation is 1. The van der Waals surface area contributed by atoms with Crippen LogP contribution in [0.1, 0.15) is 11.1 Å². The Balaban J connectivity index is 2.01. The quantitative estimate of drug-likeness (QED) is 0.859. The molecule has 0 unspecified atom stereocenters. The van der Waals surface area contributed by atoms with Crippen LogP contribution in [0.5, 0.6) is 0 Å². The Bertz CT molecular complexity index is 599. The fourth-order valence-electron chi connectivity index (χ4n) is 1.62. The molecular weight excluding hydrogens is 328 g/mol. The first-order chi connectivity index (χ1) is 9.04. The molecule has 0 aliphatic carbocycles. The number of rotatable bonds is 3. The summed E-state index contributed by atoms with van der Waals surface area (Å²) in [4.78, 5) is 16.0. The van der Waals surface area contributed by atoms with Crippen molar-refractivity contribution in [2.75, 3.05) is 5.32 Å². The van der Waals surface area contributed by atoms with E-state index in [0.717, 1.165) is 15.7 Å². The molecule has 0 fully saturated rings. The number of benzene rings is 1. The minimum absolute atomic E-state index is 0.0779. The minimum Gasteiger partial charge on any atom is -0.324 e. The highest BCUT2D eigenvalue weighted by atomic mass is 79.9. The molecule has 1 heterocycles. The SMILES string of the molecule is Cc1cc(NC(=O)Cc2ccc(Cl)cc2)cnc1Br. The first-order valence-electron chi connectivity index (χ1n) is 5.71. The topological polar surface area (TPSA) is 42.0 Å². The molecule has 2 aromatic rings. The molecule has 0 saturated carbocycles. The third kappa shape index (κ3) is 4.04. The van der Waals surface area contributed by atoms with Crippen LogP contribution in [0.15, 0.2) is 41.1 Å². The average molecular weight is 340 g/mol. The van der Waals surface area contributed by atoms with Gasteiger partial charge < -0.3 is 5.32 Å². The molecule has 1 aromatic carbocycles. The molecule has 0 saturated heterocycles. The van der Waals surface area contributed by atoms with Crippen molar-refractivity contribution in [2.24, 2.45) is 0 Å². The van der Waals surface area contributed by atoms with Crippen LogP contribution < -0.4 is 5.32 Å². The van der Waals surface area contributed by atoms with E-state index in [0.29, 0.717) is 17.1 Å². The Morgan fingerprint density at radius 3 is 2.68 bits per heavy atom. The van der Waals surface area contributed by atoms with Gasteiger partial charge in [-0.1, -0.05) is 23.7 Å². The zero-order valence-electron chi connectivity index (χ0n) is 10.3. The van der Waals surface area contributed by atoms with Crippen LogP contribution in [0.25, 0.3) is 0 Å². The van der Waals surface area contributed by atoms with E-state index in [4.69, 9.17) is 11.6 Å². The van der Waals surface area contributed by atoms with E-state index >= 15 is 0 Å². The molecular formula is C14H12BrClN2O. The van der Waals surface area contributed by atoms with Gasteiger partial charge in [-0.25, -0.2) is 4.98 Å². The van der Waals surface area contributed by atoms with E-state index in [-0.39, 0.29) is 5.91 Å². The number of nitrogens with one attached hydrogen (secondary N) is 1. The summed E-state index contributed by atoms with van der Waals surface area (Å²) < 4.78 is 0.781. The van der Waals surface area contributed by atoms with E-state index in [9.17, 15) is 4.79 Å². The van der Waals surface area contributed by atoms with Crippen molar-refractivity contribution in [2.45, 2.75) is 13.3 Å². The number of carbonyl (C=O) groups excluding carboxylic acids is 1. The number of carbonyl (C=O) groups is 1. The molecule has 0 atom stereocenters. The van der Waals surface area contributed by atoms with Gasteiger partial charge in [0, 0.05) is 5.02 Å². The van der Waals surface area contributed by atoms with Gasteiger partial charge in [0.25, 0.3) is 0 Å². The zero-order valence-corrected chi connectivity index (χ0v) is 12.6. The molecule has 0 spiro atoms. The lowest BCUT2D eigenvalue weighted by Crippen LogP contribution is -2.14. The number of anilines is 1. The Labute approximate surface area is 125 Å². The molecule has 1 amide bonds. The molecule has 1 N–H and O–H groups in total. The minimum atomic E-state index is -0.0779. The van der Waals surface area contributed by atoms with Crippen LogP contribution >= 0.6 is 27.5 Å². The maximum atomic E-state index is 11.9. The third-order valence-corrected chi connectivity index (χ3v) is 3.66. The Morgan fingerprint density at radius 2 is 2.05 bits per heavy atom. The van der Waals surface area contributed by atoms with Crippen molar-refractivity contribution in [3.05, 3.63) is 57.3 Å². The van der Waals surface area contributed by atoms with Gasteiger partial charge in [-0.15, -0.1) is 0 Å². The van der Waals surface area contributed by atoms with E-state index in [1.165, 1.54) is 0 Å². The number of pyridine rings is 1. The van der Waals surface area contributed by atoms with E-state index < -0.39 is 0 Å². The molecule has 3 nitrogen and oxygen atoms in total. The van der Waals surface area contributed by atoms with Crippen molar-refractivity contribution in [3.8, 4) is 0 Å². The molecule has 2 rings (SSSR count). The normalized spacial score (nSPS) is 10.3. The summed E-state index contributed by atoms with van der Waals surface area (Å²) >= 11 is 9.12. The highest BCUT2D eigenvalue weighted by Gasteiger charge is 2.05. The molecule has 0 bridgehead atoms. The number of hydrogen-bond acceptors (Lipinski definition) is 2. The predicted molar refractivity (Wildman–Crippen MR) is 80.5 cm³/mol. The van der Waals surface area contributed by atoms with Gasteiger partial charge in [-0.05, 0) is 52.2 Å². The van der Waals surface area contributed by atoms with Crippen LogP contribution in [0.4, 0.5) is 5.69 Å². The summed E-state index contributed by atoms with van der Waals surface area (Å²) in [5.41, 5.74) is 2.59. The first kappa shape index (κ1) is 14.0. The Morgan fingerprint density at radius 1 is 1.37 bits per heavy atom. The van der Waals surface area contributed by atoms with Crippen LogP contribution in [-0.2, 0) is 11.2 Å². The van der Waals surface area contributed by atoms with E-state index in [1.807, 2.05) is 25.1 Å². The number of nitrogens with zero attached hydrogens (tertiary/aromatic N) is 1. The maximum Gasteiger partial charge on any atom is 0.228 e. The summed E-state index contributed by atoms with van der Waals surface area (Å²) in [7, 11) is 0. The van der Waals surface area contributed by atoms with Gasteiger partial charge in [-0.3, -0.25) is 4.79 Å². The maximum absolute atomic E-state index is 11.9. The lowest BCUT2D eigenvalue weighted by molar-refractivity contribution is -0.115. The van der Waals surface area contributed by atoms with Crippen molar-refractivity contribution >= 4 is 39.1 Å². The Hall–Kier alpha value is -1.39. The fourth-order valence-corrected chi connectivity index (χ4v) is 1.96. The monoisotopic (exact) mass is 338 g/mol. The van der Waals surface area contributed by atoms with Crippen molar-refractivity contribution < 1.29 is 4.79 Å². The highest BCUT2D eigenvalue weighted by Crippen LogP contribution is 2.17. The summed E-state index contributed by atoms with van der Waals surface area (Å²) in [5, 5.41) is 3.48. The van der Waals surface area contributed by atoms with Crippen molar-refractivity contribution in [1.29, 1.82) is 0 Å². The molecule has 98 valence electrons. The second kappa shape index (κ2) is 6.17. The van der Waals surface area contributed by atoms with Gasteiger partial charge in [0.05, 0.1) is 18.3 Å². The van der Waals surface area contributed by atoms with Gasteiger partial charge >= 0.3 is 0 Å².